The van der Waals surface area contributed by atoms with E-state index >= 15 is 0 Å². The van der Waals surface area contributed by atoms with Crippen LogP contribution in [0.5, 0.6) is 0 Å². The lowest BCUT2D eigenvalue weighted by atomic mass is 10.1. The molecule has 0 spiro atoms. The van der Waals surface area contributed by atoms with Crippen molar-refractivity contribution in [1.29, 1.82) is 0 Å². The van der Waals surface area contributed by atoms with Gasteiger partial charge in [0, 0.05) is 24.0 Å². The quantitative estimate of drug-likeness (QED) is 0.248. The molecule has 3 aromatic carbocycles. The molecular formula is C28H24F2O6. The van der Waals surface area contributed by atoms with Gasteiger partial charge in [-0.25, -0.2) is 8.78 Å². The molecule has 0 bridgehead atoms. The molecule has 186 valence electrons. The highest BCUT2D eigenvalue weighted by Gasteiger charge is 2.12. The Morgan fingerprint density at radius 3 is 1.17 bits per heavy atom. The maximum atomic E-state index is 12.9. The van der Waals surface area contributed by atoms with Gasteiger partial charge >= 0.3 is 11.9 Å². The van der Waals surface area contributed by atoms with Crippen LogP contribution in [0.4, 0.5) is 8.78 Å². The Morgan fingerprint density at radius 2 is 0.833 bits per heavy atom. The monoisotopic (exact) mass is 494 g/mol. The van der Waals surface area contributed by atoms with Crippen LogP contribution in [0.1, 0.15) is 57.5 Å². The summed E-state index contributed by atoms with van der Waals surface area (Å²) in [6, 6.07) is 17.1. The normalized spacial score (nSPS) is 10.5. The van der Waals surface area contributed by atoms with Crippen LogP contribution in [0, 0.1) is 11.6 Å². The molecule has 0 aliphatic carbocycles. The van der Waals surface area contributed by atoms with E-state index < -0.39 is 23.6 Å². The van der Waals surface area contributed by atoms with Gasteiger partial charge in [-0.05, 0) is 59.7 Å². The minimum Gasteiger partial charge on any atom is -0.461 e. The topological polar surface area (TPSA) is 86.7 Å². The van der Waals surface area contributed by atoms with Gasteiger partial charge in [-0.1, -0.05) is 24.3 Å². The summed E-state index contributed by atoms with van der Waals surface area (Å²) >= 11 is 0. The first kappa shape index (κ1) is 26.4. The molecule has 0 aliphatic rings. The van der Waals surface area contributed by atoms with Crippen molar-refractivity contribution >= 4 is 23.5 Å². The molecule has 3 rings (SSSR count). The van der Waals surface area contributed by atoms with Gasteiger partial charge in [0.25, 0.3) is 0 Å². The lowest BCUT2D eigenvalue weighted by Gasteiger charge is -2.08. The predicted molar refractivity (Wildman–Crippen MR) is 126 cm³/mol. The third-order valence-electron chi connectivity index (χ3n) is 5.27. The number of halogens is 2. The van der Waals surface area contributed by atoms with Crippen LogP contribution in [0.2, 0.25) is 0 Å². The van der Waals surface area contributed by atoms with Gasteiger partial charge in [-0.2, -0.15) is 0 Å². The molecule has 0 N–H and O–H groups in total. The number of ketones is 2. The van der Waals surface area contributed by atoms with E-state index in [0.29, 0.717) is 22.3 Å². The number of ether oxygens (including phenoxy) is 2. The van der Waals surface area contributed by atoms with Crippen molar-refractivity contribution in [3.8, 4) is 0 Å². The van der Waals surface area contributed by atoms with Crippen molar-refractivity contribution < 1.29 is 37.4 Å². The van der Waals surface area contributed by atoms with Crippen molar-refractivity contribution in [2.45, 2.75) is 38.9 Å². The maximum Gasteiger partial charge on any atom is 0.306 e. The minimum atomic E-state index is -0.529. The van der Waals surface area contributed by atoms with Crippen LogP contribution in [0.25, 0.3) is 0 Å². The molecule has 0 heterocycles. The molecule has 6 nitrogen and oxygen atoms in total. The number of rotatable bonds is 12. The smallest absolute Gasteiger partial charge is 0.306 e. The summed E-state index contributed by atoms with van der Waals surface area (Å²) in [5.41, 5.74) is 2.10. The average molecular weight is 494 g/mol. The van der Waals surface area contributed by atoms with E-state index in [1.165, 1.54) is 48.5 Å². The second-order valence-corrected chi connectivity index (χ2v) is 8.00. The van der Waals surface area contributed by atoms with Crippen molar-refractivity contribution in [3.63, 3.8) is 0 Å². The van der Waals surface area contributed by atoms with E-state index in [1.807, 2.05) is 0 Å². The van der Waals surface area contributed by atoms with Crippen LogP contribution in [0.15, 0.2) is 72.8 Å². The SMILES string of the molecule is O=C(CCC(=O)c1ccc(F)cc1)OCc1ccc(COC(=O)CCC(=O)c2ccc(F)cc2)cc1. The Hall–Kier alpha value is -4.20. The molecule has 0 amide bonds. The van der Waals surface area contributed by atoms with E-state index in [2.05, 4.69) is 0 Å². The molecule has 0 unspecified atom stereocenters. The van der Waals surface area contributed by atoms with Crippen LogP contribution in [-0.4, -0.2) is 23.5 Å². The third-order valence-corrected chi connectivity index (χ3v) is 5.27. The van der Waals surface area contributed by atoms with Crippen molar-refractivity contribution in [3.05, 3.63) is 107 Å². The zero-order chi connectivity index (χ0) is 25.9. The van der Waals surface area contributed by atoms with Crippen molar-refractivity contribution in [1.82, 2.24) is 0 Å². The number of benzene rings is 3. The van der Waals surface area contributed by atoms with Gasteiger partial charge in [0.1, 0.15) is 24.8 Å². The summed E-state index contributed by atoms with van der Waals surface area (Å²) in [6.07, 6.45) is -0.254. The number of hydrogen-bond acceptors (Lipinski definition) is 6. The summed E-state index contributed by atoms with van der Waals surface area (Å²) in [6.45, 7) is 0.0459. The van der Waals surface area contributed by atoms with E-state index in [4.69, 9.17) is 9.47 Å². The third kappa shape index (κ3) is 8.54. The van der Waals surface area contributed by atoms with Crippen molar-refractivity contribution in [2.24, 2.45) is 0 Å². The average Bonchev–Trinajstić information content (AvgIpc) is 2.89. The largest absolute Gasteiger partial charge is 0.461 e. The van der Waals surface area contributed by atoms with Gasteiger partial charge < -0.3 is 9.47 Å². The number of carbonyl (C=O) groups is 4. The summed E-state index contributed by atoms with van der Waals surface area (Å²) < 4.78 is 36.2. The number of hydrogen-bond donors (Lipinski definition) is 0. The second-order valence-electron chi connectivity index (χ2n) is 8.00. The molecule has 0 fully saturated rings. The molecule has 36 heavy (non-hydrogen) atoms. The molecule has 0 aliphatic heterocycles. The fourth-order valence-electron chi connectivity index (χ4n) is 3.20. The number of Topliss-reactive ketones (excluding diaryl/α,β-unsaturated/α-hetero) is 2. The van der Waals surface area contributed by atoms with Gasteiger partial charge in [0.15, 0.2) is 11.6 Å². The Kier molecular flexibility index (Phi) is 9.56. The molecule has 0 atom stereocenters. The number of carbonyl (C=O) groups excluding carboxylic acids is 4. The molecular weight excluding hydrogens is 470 g/mol. The first-order valence-electron chi connectivity index (χ1n) is 11.3. The Bertz CT molecular complexity index is 1110. The standard InChI is InChI=1S/C28H24F2O6/c29-23-9-5-21(6-10-23)25(31)13-15-27(33)35-17-19-1-2-20(4-3-19)18-36-28(34)16-14-26(32)22-7-11-24(30)12-8-22/h1-12H,13-18H2. The zero-order valence-corrected chi connectivity index (χ0v) is 19.4. The highest BCUT2D eigenvalue weighted by molar-refractivity contribution is 5.98. The molecule has 0 saturated heterocycles. The lowest BCUT2D eigenvalue weighted by Crippen LogP contribution is -2.09. The first-order valence-corrected chi connectivity index (χ1v) is 11.3. The summed E-state index contributed by atoms with van der Waals surface area (Å²) in [4.78, 5) is 47.9. The van der Waals surface area contributed by atoms with Crippen molar-refractivity contribution in [2.75, 3.05) is 0 Å². The van der Waals surface area contributed by atoms with E-state index in [1.54, 1.807) is 24.3 Å². The van der Waals surface area contributed by atoms with Crippen LogP contribution in [0.3, 0.4) is 0 Å². The van der Waals surface area contributed by atoms with Gasteiger partial charge in [-0.3, -0.25) is 19.2 Å². The molecule has 3 aromatic rings. The predicted octanol–water partition coefficient (Wildman–Crippen LogP) is 5.38. The maximum absolute atomic E-state index is 12.9. The lowest BCUT2D eigenvalue weighted by molar-refractivity contribution is -0.145. The van der Waals surface area contributed by atoms with Crippen LogP contribution in [-0.2, 0) is 32.3 Å². The summed E-state index contributed by atoms with van der Waals surface area (Å²) in [5.74, 6) is -2.48. The Balaban J connectivity index is 1.34. The highest BCUT2D eigenvalue weighted by atomic mass is 19.1. The Labute approximate surface area is 206 Å². The highest BCUT2D eigenvalue weighted by Crippen LogP contribution is 2.12. The summed E-state index contributed by atoms with van der Waals surface area (Å²) in [5, 5.41) is 0. The van der Waals surface area contributed by atoms with E-state index in [0.717, 1.165) is 0 Å². The Morgan fingerprint density at radius 1 is 0.500 bits per heavy atom. The van der Waals surface area contributed by atoms with Gasteiger partial charge in [0.05, 0.1) is 12.8 Å². The molecule has 0 radical (unpaired) electrons. The van der Waals surface area contributed by atoms with E-state index in [-0.39, 0.29) is 50.5 Å². The van der Waals surface area contributed by atoms with Gasteiger partial charge in [-0.15, -0.1) is 0 Å². The number of esters is 2. The fraction of sp³-hybridized carbons (Fsp3) is 0.214. The second kappa shape index (κ2) is 13.0. The summed E-state index contributed by atoms with van der Waals surface area (Å²) in [7, 11) is 0. The van der Waals surface area contributed by atoms with Gasteiger partial charge in [0.2, 0.25) is 0 Å². The minimum absolute atomic E-state index is 0.0230. The molecule has 0 aromatic heterocycles. The van der Waals surface area contributed by atoms with Crippen LogP contribution >= 0.6 is 0 Å². The zero-order valence-electron chi connectivity index (χ0n) is 19.4. The first-order chi connectivity index (χ1) is 17.3. The molecule has 0 saturated carbocycles. The van der Waals surface area contributed by atoms with Crippen LogP contribution < -0.4 is 0 Å². The fourth-order valence-corrected chi connectivity index (χ4v) is 3.20. The molecule has 8 heteroatoms. The van der Waals surface area contributed by atoms with E-state index in [9.17, 15) is 28.0 Å².